The van der Waals surface area contributed by atoms with Crippen LogP contribution >= 0.6 is 11.6 Å². The minimum atomic E-state index is -3.46. The summed E-state index contributed by atoms with van der Waals surface area (Å²) in [5.74, 6) is -0.223. The van der Waals surface area contributed by atoms with E-state index < -0.39 is 10.2 Å². The number of carbonyl (C=O) groups excluding carboxylic acids is 1. The first kappa shape index (κ1) is 18.5. The van der Waals surface area contributed by atoms with Gasteiger partial charge < -0.3 is 9.80 Å². The molecule has 0 spiro atoms. The van der Waals surface area contributed by atoms with Crippen molar-refractivity contribution in [1.29, 1.82) is 0 Å². The Bertz CT molecular complexity index is 728. The molecule has 2 saturated heterocycles. The zero-order valence-electron chi connectivity index (χ0n) is 14.1. The number of hydrogen-bond acceptors (Lipinski definition) is 5. The lowest BCUT2D eigenvalue weighted by Crippen LogP contribution is -2.57. The van der Waals surface area contributed by atoms with E-state index in [4.69, 9.17) is 11.6 Å². The number of halogens is 1. The van der Waals surface area contributed by atoms with Crippen LogP contribution in [-0.4, -0.2) is 97.1 Å². The van der Waals surface area contributed by atoms with Crippen molar-refractivity contribution in [3.05, 3.63) is 29.0 Å². The minimum Gasteiger partial charge on any atom is -0.335 e. The molecule has 2 aliphatic heterocycles. The van der Waals surface area contributed by atoms with Crippen LogP contribution in [0, 0.1) is 0 Å². The molecule has 1 aromatic heterocycles. The van der Waals surface area contributed by atoms with Crippen molar-refractivity contribution in [1.82, 2.24) is 23.4 Å². The number of likely N-dealkylation sites (N-methyl/N-ethyl adjacent to an activating group) is 1. The fourth-order valence-electron chi connectivity index (χ4n) is 2.99. The van der Waals surface area contributed by atoms with Gasteiger partial charge in [0.1, 0.15) is 5.69 Å². The van der Waals surface area contributed by atoms with Gasteiger partial charge in [-0.15, -0.1) is 0 Å². The first-order valence-corrected chi connectivity index (χ1v) is 10.00. The Morgan fingerprint density at radius 1 is 1.04 bits per heavy atom. The van der Waals surface area contributed by atoms with Crippen LogP contribution in [0.4, 0.5) is 0 Å². The highest BCUT2D eigenvalue weighted by Crippen LogP contribution is 2.16. The maximum absolute atomic E-state index is 12.7. The lowest BCUT2D eigenvalue weighted by molar-refractivity contribution is 0.0686. The number of aromatic nitrogens is 1. The Labute approximate surface area is 153 Å². The van der Waals surface area contributed by atoms with Gasteiger partial charge in [-0.3, -0.25) is 9.78 Å². The normalized spacial score (nSPS) is 21.4. The topological polar surface area (TPSA) is 77.1 Å². The average molecular weight is 388 g/mol. The molecule has 0 radical (unpaired) electrons. The van der Waals surface area contributed by atoms with Gasteiger partial charge in [-0.2, -0.15) is 17.0 Å². The van der Waals surface area contributed by atoms with Gasteiger partial charge in [0.2, 0.25) is 0 Å². The summed E-state index contributed by atoms with van der Waals surface area (Å²) in [6.07, 6.45) is 1.49. The van der Waals surface area contributed by atoms with E-state index in [0.29, 0.717) is 44.3 Å². The van der Waals surface area contributed by atoms with Crippen molar-refractivity contribution < 1.29 is 13.2 Å². The summed E-state index contributed by atoms with van der Waals surface area (Å²) in [6.45, 7) is 3.76. The van der Waals surface area contributed by atoms with E-state index >= 15 is 0 Å². The minimum absolute atomic E-state index is 0.223. The first-order chi connectivity index (χ1) is 11.9. The van der Waals surface area contributed by atoms with Crippen molar-refractivity contribution in [3.63, 3.8) is 0 Å². The van der Waals surface area contributed by atoms with E-state index in [2.05, 4.69) is 9.88 Å². The smallest absolute Gasteiger partial charge is 0.282 e. The van der Waals surface area contributed by atoms with Gasteiger partial charge in [-0.25, -0.2) is 0 Å². The number of nitrogens with zero attached hydrogens (tertiary/aromatic N) is 5. The number of pyridine rings is 1. The van der Waals surface area contributed by atoms with Gasteiger partial charge in [0.05, 0.1) is 0 Å². The van der Waals surface area contributed by atoms with E-state index in [-0.39, 0.29) is 11.6 Å². The van der Waals surface area contributed by atoms with Crippen molar-refractivity contribution in [3.8, 4) is 0 Å². The predicted molar refractivity (Wildman–Crippen MR) is 94.7 cm³/mol. The molecule has 8 nitrogen and oxygen atoms in total. The molecule has 0 N–H and O–H groups in total. The molecular weight excluding hydrogens is 366 g/mol. The Morgan fingerprint density at radius 2 is 1.60 bits per heavy atom. The third kappa shape index (κ3) is 4.12. The molecule has 25 heavy (non-hydrogen) atoms. The van der Waals surface area contributed by atoms with Crippen LogP contribution in [0.25, 0.3) is 0 Å². The zero-order chi connectivity index (χ0) is 18.0. The van der Waals surface area contributed by atoms with Gasteiger partial charge in [0, 0.05) is 63.6 Å². The molecule has 1 amide bonds. The van der Waals surface area contributed by atoms with Crippen LogP contribution in [0.15, 0.2) is 18.3 Å². The number of rotatable bonds is 3. The number of piperazine rings is 2. The zero-order valence-corrected chi connectivity index (χ0v) is 15.7. The van der Waals surface area contributed by atoms with Gasteiger partial charge >= 0.3 is 0 Å². The maximum atomic E-state index is 12.7. The third-order valence-corrected chi connectivity index (χ3v) is 6.85. The Morgan fingerprint density at radius 3 is 2.16 bits per heavy atom. The third-order valence-electron chi connectivity index (χ3n) is 4.58. The molecule has 0 aromatic carbocycles. The molecule has 3 heterocycles. The quantitative estimate of drug-likeness (QED) is 0.728. The van der Waals surface area contributed by atoms with Crippen LogP contribution < -0.4 is 0 Å². The molecular formula is C15H22ClN5O3S. The summed E-state index contributed by atoms with van der Waals surface area (Å²) in [5, 5.41) is 0.453. The van der Waals surface area contributed by atoms with Crippen LogP contribution in [0.2, 0.25) is 5.02 Å². The summed E-state index contributed by atoms with van der Waals surface area (Å²) in [4.78, 5) is 20.2. The van der Waals surface area contributed by atoms with Gasteiger partial charge in [0.15, 0.2) is 0 Å². The van der Waals surface area contributed by atoms with Gasteiger partial charge in [-0.05, 0) is 19.2 Å². The molecule has 0 aliphatic carbocycles. The fraction of sp³-hybridized carbons (Fsp3) is 0.600. The molecule has 10 heteroatoms. The molecule has 2 aliphatic rings. The highest BCUT2D eigenvalue weighted by molar-refractivity contribution is 7.86. The summed E-state index contributed by atoms with van der Waals surface area (Å²) in [5.41, 5.74) is 0.280. The second-order valence-electron chi connectivity index (χ2n) is 6.26. The van der Waals surface area contributed by atoms with E-state index in [0.717, 1.165) is 13.1 Å². The molecule has 1 aromatic rings. The van der Waals surface area contributed by atoms with E-state index in [1.807, 2.05) is 7.05 Å². The highest BCUT2D eigenvalue weighted by atomic mass is 35.5. The lowest BCUT2D eigenvalue weighted by Gasteiger charge is -2.39. The van der Waals surface area contributed by atoms with Crippen LogP contribution in [-0.2, 0) is 10.2 Å². The second kappa shape index (κ2) is 7.55. The van der Waals surface area contributed by atoms with Crippen LogP contribution in [0.1, 0.15) is 10.5 Å². The molecule has 138 valence electrons. The molecule has 0 bridgehead atoms. The molecule has 0 atom stereocenters. The SMILES string of the molecule is CN1CCN(S(=O)(=O)N2CCN(C(=O)c3cc(Cl)ccn3)CC2)CC1. The van der Waals surface area contributed by atoms with Gasteiger partial charge in [-0.1, -0.05) is 11.6 Å². The maximum Gasteiger partial charge on any atom is 0.282 e. The number of amides is 1. The molecule has 0 unspecified atom stereocenters. The Balaban J connectivity index is 1.60. The Kier molecular flexibility index (Phi) is 5.59. The predicted octanol–water partition coefficient (Wildman–Crippen LogP) is -0.0150. The van der Waals surface area contributed by atoms with Crippen molar-refractivity contribution in [2.45, 2.75) is 0 Å². The van der Waals surface area contributed by atoms with Crippen molar-refractivity contribution in [2.24, 2.45) is 0 Å². The summed E-state index contributed by atoms with van der Waals surface area (Å²) in [7, 11) is -1.48. The van der Waals surface area contributed by atoms with E-state index in [1.54, 1.807) is 11.0 Å². The van der Waals surface area contributed by atoms with E-state index in [9.17, 15) is 13.2 Å². The first-order valence-electron chi connectivity index (χ1n) is 8.22. The average Bonchev–Trinajstić information content (AvgIpc) is 2.61. The van der Waals surface area contributed by atoms with Gasteiger partial charge in [0.25, 0.3) is 16.1 Å². The summed E-state index contributed by atoms with van der Waals surface area (Å²) >= 11 is 5.90. The number of carbonyl (C=O) groups is 1. The van der Waals surface area contributed by atoms with Crippen LogP contribution in [0.3, 0.4) is 0 Å². The van der Waals surface area contributed by atoms with Crippen molar-refractivity contribution in [2.75, 3.05) is 59.4 Å². The highest BCUT2D eigenvalue weighted by Gasteiger charge is 2.34. The largest absolute Gasteiger partial charge is 0.335 e. The summed E-state index contributed by atoms with van der Waals surface area (Å²) in [6, 6.07) is 3.14. The molecule has 3 rings (SSSR count). The monoisotopic (exact) mass is 387 g/mol. The number of hydrogen-bond donors (Lipinski definition) is 0. The fourth-order valence-corrected chi connectivity index (χ4v) is 4.72. The Hall–Kier alpha value is -1.26. The van der Waals surface area contributed by atoms with Crippen LogP contribution in [0.5, 0.6) is 0 Å². The molecule has 0 saturated carbocycles. The summed E-state index contributed by atoms with van der Waals surface area (Å²) < 4.78 is 28.5. The second-order valence-corrected chi connectivity index (χ2v) is 8.63. The lowest BCUT2D eigenvalue weighted by atomic mass is 10.3. The van der Waals surface area contributed by atoms with Crippen molar-refractivity contribution >= 4 is 27.7 Å². The molecule has 2 fully saturated rings. The standard InChI is InChI=1S/C15H22ClN5O3S/c1-18-4-8-20(9-5-18)25(23,24)21-10-6-19(7-11-21)15(22)14-12-13(16)2-3-17-14/h2-3,12H,4-11H2,1H3. The van der Waals surface area contributed by atoms with E-state index in [1.165, 1.54) is 20.9 Å².